The second-order valence-electron chi connectivity index (χ2n) is 4.68. The number of aromatic nitrogens is 1. The van der Waals surface area contributed by atoms with Crippen molar-refractivity contribution in [1.29, 1.82) is 0 Å². The summed E-state index contributed by atoms with van der Waals surface area (Å²) in [6.07, 6.45) is 1.01. The number of nitrogens with one attached hydrogen (secondary N) is 1. The molecular formula is C15H14N2O5. The number of carboxylic acid groups (broad SMARTS) is 2. The van der Waals surface area contributed by atoms with Gasteiger partial charge in [-0.05, 0) is 18.6 Å². The highest BCUT2D eigenvalue weighted by atomic mass is 16.4. The van der Waals surface area contributed by atoms with Crippen LogP contribution in [-0.4, -0.2) is 39.1 Å². The monoisotopic (exact) mass is 302 g/mol. The lowest BCUT2D eigenvalue weighted by molar-refractivity contribution is -0.140. The summed E-state index contributed by atoms with van der Waals surface area (Å²) in [6, 6.07) is 7.27. The number of carbonyl (C=O) groups is 3. The van der Waals surface area contributed by atoms with Gasteiger partial charge in [0.2, 0.25) is 0 Å². The smallest absolute Gasteiger partial charge is 0.326 e. The minimum Gasteiger partial charge on any atom is -0.481 e. The predicted octanol–water partition coefficient (Wildman–Crippen LogP) is 1.28. The molecule has 22 heavy (non-hydrogen) atoms. The fraction of sp³-hybridized carbons (Fsp3) is 0.200. The zero-order valence-electron chi connectivity index (χ0n) is 11.5. The Hall–Kier alpha value is -2.96. The van der Waals surface area contributed by atoms with Crippen LogP contribution in [0.3, 0.4) is 0 Å². The number of carboxylic acids is 2. The van der Waals surface area contributed by atoms with Gasteiger partial charge in [-0.2, -0.15) is 0 Å². The first-order chi connectivity index (χ1) is 10.5. The van der Waals surface area contributed by atoms with E-state index in [4.69, 9.17) is 10.2 Å². The highest BCUT2D eigenvalue weighted by Gasteiger charge is 2.22. The number of rotatable bonds is 6. The number of aliphatic carboxylic acids is 2. The molecule has 0 bridgehead atoms. The Bertz CT molecular complexity index is 723. The molecule has 3 N–H and O–H groups in total. The van der Waals surface area contributed by atoms with E-state index in [0.717, 1.165) is 5.39 Å². The summed E-state index contributed by atoms with van der Waals surface area (Å²) in [5, 5.41) is 20.8. The van der Waals surface area contributed by atoms with Gasteiger partial charge in [0.15, 0.2) is 0 Å². The van der Waals surface area contributed by atoms with Crippen LogP contribution in [0.25, 0.3) is 10.9 Å². The van der Waals surface area contributed by atoms with Crippen molar-refractivity contribution in [3.05, 3.63) is 42.1 Å². The topological polar surface area (TPSA) is 117 Å². The van der Waals surface area contributed by atoms with E-state index in [2.05, 4.69) is 10.3 Å². The van der Waals surface area contributed by atoms with E-state index in [-0.39, 0.29) is 18.4 Å². The molecule has 0 spiro atoms. The molecule has 2 aromatic rings. The van der Waals surface area contributed by atoms with Gasteiger partial charge in [-0.15, -0.1) is 0 Å². The molecule has 2 rings (SSSR count). The molecule has 0 unspecified atom stereocenters. The second kappa shape index (κ2) is 6.66. The summed E-state index contributed by atoms with van der Waals surface area (Å²) in [5.41, 5.74) is 0.713. The summed E-state index contributed by atoms with van der Waals surface area (Å²) in [7, 11) is 0. The van der Waals surface area contributed by atoms with E-state index < -0.39 is 23.9 Å². The molecule has 0 aliphatic heterocycles. The van der Waals surface area contributed by atoms with Crippen LogP contribution >= 0.6 is 0 Å². The van der Waals surface area contributed by atoms with Crippen LogP contribution in [0.2, 0.25) is 0 Å². The molecule has 1 heterocycles. The fourth-order valence-corrected chi connectivity index (χ4v) is 2.05. The lowest BCUT2D eigenvalue weighted by Crippen LogP contribution is -2.41. The number of benzene rings is 1. The summed E-state index contributed by atoms with van der Waals surface area (Å²) < 4.78 is 0. The summed E-state index contributed by atoms with van der Waals surface area (Å²) in [6.45, 7) is 0. The van der Waals surface area contributed by atoms with Gasteiger partial charge >= 0.3 is 11.9 Å². The van der Waals surface area contributed by atoms with Crippen LogP contribution in [0.1, 0.15) is 23.2 Å². The molecule has 1 aromatic heterocycles. The number of carbonyl (C=O) groups excluding carboxylic acids is 1. The van der Waals surface area contributed by atoms with Gasteiger partial charge in [0, 0.05) is 18.0 Å². The third-order valence-electron chi connectivity index (χ3n) is 3.13. The van der Waals surface area contributed by atoms with Gasteiger partial charge in [0.05, 0.1) is 11.1 Å². The third kappa shape index (κ3) is 3.57. The normalized spacial score (nSPS) is 11.8. The Morgan fingerprint density at radius 3 is 2.55 bits per heavy atom. The Balaban J connectivity index is 2.22. The number of para-hydroxylation sites is 1. The Morgan fingerprint density at radius 2 is 1.86 bits per heavy atom. The average molecular weight is 302 g/mol. The van der Waals surface area contributed by atoms with Crippen LogP contribution < -0.4 is 5.32 Å². The van der Waals surface area contributed by atoms with Gasteiger partial charge < -0.3 is 15.5 Å². The van der Waals surface area contributed by atoms with E-state index >= 15 is 0 Å². The summed E-state index contributed by atoms with van der Waals surface area (Å²) in [5.74, 6) is -2.99. The van der Waals surface area contributed by atoms with Crippen LogP contribution in [0, 0.1) is 0 Å². The van der Waals surface area contributed by atoms with Gasteiger partial charge in [-0.25, -0.2) is 4.79 Å². The van der Waals surface area contributed by atoms with Crippen molar-refractivity contribution < 1.29 is 24.6 Å². The second-order valence-corrected chi connectivity index (χ2v) is 4.68. The maximum Gasteiger partial charge on any atom is 0.326 e. The number of hydrogen-bond donors (Lipinski definition) is 3. The minimum atomic E-state index is -1.28. The van der Waals surface area contributed by atoms with Crippen molar-refractivity contribution in [1.82, 2.24) is 10.3 Å². The zero-order chi connectivity index (χ0) is 16.1. The van der Waals surface area contributed by atoms with E-state index in [0.29, 0.717) is 5.52 Å². The Kier molecular flexibility index (Phi) is 4.67. The largest absolute Gasteiger partial charge is 0.481 e. The van der Waals surface area contributed by atoms with E-state index in [9.17, 15) is 14.4 Å². The van der Waals surface area contributed by atoms with Gasteiger partial charge in [-0.1, -0.05) is 18.2 Å². The molecule has 7 heteroatoms. The molecule has 1 amide bonds. The zero-order valence-corrected chi connectivity index (χ0v) is 11.5. The number of hydrogen-bond acceptors (Lipinski definition) is 4. The van der Waals surface area contributed by atoms with E-state index in [1.165, 1.54) is 6.20 Å². The summed E-state index contributed by atoms with van der Waals surface area (Å²) >= 11 is 0. The summed E-state index contributed by atoms with van der Waals surface area (Å²) in [4.78, 5) is 38.0. The molecule has 1 atom stereocenters. The number of fused-ring (bicyclic) bond motifs is 1. The van der Waals surface area contributed by atoms with Crippen LogP contribution in [0.4, 0.5) is 0 Å². The van der Waals surface area contributed by atoms with Crippen molar-refractivity contribution in [2.24, 2.45) is 0 Å². The standard InChI is InChI=1S/C15H14N2O5/c18-12(19)7-6-11(15(21)22)17-14(20)10-5-1-3-9-4-2-8-16-13(9)10/h1-5,8,11H,6-7H2,(H,17,20)(H,18,19)(H,21,22)/t11-/m1/s1. The fourth-order valence-electron chi connectivity index (χ4n) is 2.05. The lowest BCUT2D eigenvalue weighted by atomic mass is 10.1. The Morgan fingerprint density at radius 1 is 1.14 bits per heavy atom. The molecule has 114 valence electrons. The first-order valence-electron chi connectivity index (χ1n) is 6.58. The first-order valence-corrected chi connectivity index (χ1v) is 6.58. The SMILES string of the molecule is O=C(O)CC[C@@H](NC(=O)c1cccc2cccnc12)C(=O)O. The van der Waals surface area contributed by atoms with Gasteiger partial charge in [-0.3, -0.25) is 14.6 Å². The maximum absolute atomic E-state index is 12.3. The quantitative estimate of drug-likeness (QED) is 0.740. The predicted molar refractivity (Wildman–Crippen MR) is 77.5 cm³/mol. The van der Waals surface area contributed by atoms with Crippen LogP contribution in [0.5, 0.6) is 0 Å². The highest BCUT2D eigenvalue weighted by molar-refractivity contribution is 6.06. The van der Waals surface area contributed by atoms with Crippen molar-refractivity contribution in [3.63, 3.8) is 0 Å². The lowest BCUT2D eigenvalue weighted by Gasteiger charge is -2.14. The molecule has 0 aliphatic carbocycles. The van der Waals surface area contributed by atoms with Crippen molar-refractivity contribution in [3.8, 4) is 0 Å². The van der Waals surface area contributed by atoms with E-state index in [1.807, 2.05) is 0 Å². The number of amides is 1. The third-order valence-corrected chi connectivity index (χ3v) is 3.13. The highest BCUT2D eigenvalue weighted by Crippen LogP contribution is 2.16. The molecular weight excluding hydrogens is 288 g/mol. The molecule has 0 aliphatic rings. The van der Waals surface area contributed by atoms with E-state index in [1.54, 1.807) is 30.3 Å². The molecule has 0 saturated carbocycles. The van der Waals surface area contributed by atoms with Crippen molar-refractivity contribution in [2.75, 3.05) is 0 Å². The van der Waals surface area contributed by atoms with Crippen molar-refractivity contribution in [2.45, 2.75) is 18.9 Å². The first kappa shape index (κ1) is 15.4. The molecule has 0 fully saturated rings. The minimum absolute atomic E-state index is 0.186. The maximum atomic E-state index is 12.3. The molecule has 7 nitrogen and oxygen atoms in total. The van der Waals surface area contributed by atoms with Crippen molar-refractivity contribution >= 4 is 28.7 Å². The molecule has 0 radical (unpaired) electrons. The Labute approximate surface area is 125 Å². The van der Waals surface area contributed by atoms with Gasteiger partial charge in [0.25, 0.3) is 5.91 Å². The average Bonchev–Trinajstić information content (AvgIpc) is 2.50. The number of nitrogens with zero attached hydrogens (tertiary/aromatic N) is 1. The molecule has 1 aromatic carbocycles. The van der Waals surface area contributed by atoms with Gasteiger partial charge in [0.1, 0.15) is 6.04 Å². The van der Waals surface area contributed by atoms with Crippen LogP contribution in [0.15, 0.2) is 36.5 Å². The molecule has 0 saturated heterocycles. The number of pyridine rings is 1. The van der Waals surface area contributed by atoms with Crippen LogP contribution in [-0.2, 0) is 9.59 Å².